The van der Waals surface area contributed by atoms with E-state index in [-0.39, 0.29) is 13.0 Å². The largest absolute Gasteiger partial charge is 0.479 e. The Balaban J connectivity index is 2.66. The van der Waals surface area contributed by atoms with E-state index < -0.39 is 17.5 Å². The van der Waals surface area contributed by atoms with Gasteiger partial charge in [-0.05, 0) is 12.0 Å². The van der Waals surface area contributed by atoms with Gasteiger partial charge in [-0.2, -0.15) is 0 Å². The minimum atomic E-state index is -2.00. The molecule has 0 amide bonds. The number of carbonyl (C=O) groups is 2. The molecule has 0 bridgehead atoms. The number of rotatable bonds is 6. The Bertz CT molecular complexity index is 423. The lowest BCUT2D eigenvalue weighted by Gasteiger charge is -2.21. The average Bonchev–Trinajstić information content (AvgIpc) is 2.37. The molecule has 98 valence electrons. The number of alkyl halides is 1. The fraction of sp³-hybridized carbons (Fsp3) is 0.333. The van der Waals surface area contributed by atoms with Crippen molar-refractivity contribution in [2.24, 2.45) is 5.73 Å². The topological polar surface area (TPSA) is 89.6 Å². The molecule has 0 saturated heterocycles. The Labute approximate surface area is 113 Å². The summed E-state index contributed by atoms with van der Waals surface area (Å²) in [6.07, 6.45) is -0.0318. The SMILES string of the molecule is N[C@@](CCBr)(C(=O)O)C(=O)OCc1ccccc1. The third-order valence-electron chi connectivity index (χ3n) is 2.45. The molecule has 0 aliphatic rings. The van der Waals surface area contributed by atoms with Gasteiger partial charge in [-0.25, -0.2) is 9.59 Å². The maximum Gasteiger partial charge on any atom is 0.338 e. The molecule has 0 fully saturated rings. The number of nitrogens with two attached hydrogens (primary N) is 1. The van der Waals surface area contributed by atoms with Crippen molar-refractivity contribution < 1.29 is 19.4 Å². The Morgan fingerprint density at radius 3 is 2.44 bits per heavy atom. The molecule has 1 atom stereocenters. The number of hydrogen-bond donors (Lipinski definition) is 2. The second-order valence-electron chi connectivity index (χ2n) is 3.78. The van der Waals surface area contributed by atoms with Crippen molar-refractivity contribution in [3.63, 3.8) is 0 Å². The Morgan fingerprint density at radius 1 is 1.33 bits per heavy atom. The predicted octanol–water partition coefficient (Wildman–Crippen LogP) is 1.30. The van der Waals surface area contributed by atoms with Crippen LogP contribution in [0.4, 0.5) is 0 Å². The number of halogens is 1. The predicted molar refractivity (Wildman–Crippen MR) is 69.2 cm³/mol. The van der Waals surface area contributed by atoms with Crippen molar-refractivity contribution in [1.29, 1.82) is 0 Å². The van der Waals surface area contributed by atoms with Crippen LogP contribution in [-0.4, -0.2) is 27.9 Å². The van der Waals surface area contributed by atoms with Crippen LogP contribution in [0.2, 0.25) is 0 Å². The molecule has 0 unspecified atom stereocenters. The zero-order valence-corrected chi connectivity index (χ0v) is 11.2. The molecule has 0 heterocycles. The van der Waals surface area contributed by atoms with Gasteiger partial charge in [0.05, 0.1) is 0 Å². The third kappa shape index (κ3) is 3.54. The first-order valence-corrected chi connectivity index (χ1v) is 6.42. The number of benzene rings is 1. The first kappa shape index (κ1) is 14.7. The number of hydrogen-bond acceptors (Lipinski definition) is 4. The first-order valence-electron chi connectivity index (χ1n) is 5.30. The van der Waals surface area contributed by atoms with Crippen LogP contribution in [-0.2, 0) is 20.9 Å². The van der Waals surface area contributed by atoms with Crippen LogP contribution in [0.5, 0.6) is 0 Å². The molecule has 1 aromatic carbocycles. The number of ether oxygens (including phenoxy) is 1. The Kier molecular flexibility index (Phi) is 5.30. The van der Waals surface area contributed by atoms with Crippen LogP contribution in [0.1, 0.15) is 12.0 Å². The van der Waals surface area contributed by atoms with Gasteiger partial charge in [0, 0.05) is 5.33 Å². The quantitative estimate of drug-likeness (QED) is 0.469. The standard InChI is InChI=1S/C12H14BrNO4/c13-7-6-12(14,10(15)16)11(17)18-8-9-4-2-1-3-5-9/h1-5H,6-8,14H2,(H,15,16)/t12-/m0/s1. The van der Waals surface area contributed by atoms with E-state index >= 15 is 0 Å². The van der Waals surface area contributed by atoms with E-state index in [1.165, 1.54) is 0 Å². The highest BCUT2D eigenvalue weighted by Crippen LogP contribution is 2.13. The van der Waals surface area contributed by atoms with Crippen molar-refractivity contribution in [1.82, 2.24) is 0 Å². The molecular weight excluding hydrogens is 302 g/mol. The molecule has 5 nitrogen and oxygen atoms in total. The molecule has 1 aromatic rings. The number of aliphatic carboxylic acids is 1. The smallest absolute Gasteiger partial charge is 0.338 e. The summed E-state index contributed by atoms with van der Waals surface area (Å²) < 4.78 is 4.94. The van der Waals surface area contributed by atoms with Crippen molar-refractivity contribution in [2.45, 2.75) is 18.6 Å². The summed E-state index contributed by atoms with van der Waals surface area (Å²) in [6.45, 7) is 0.00812. The first-order chi connectivity index (χ1) is 8.50. The number of carbonyl (C=O) groups excluding carboxylic acids is 1. The summed E-state index contributed by atoms with van der Waals surface area (Å²) in [5.74, 6) is -2.32. The maximum absolute atomic E-state index is 11.7. The Morgan fingerprint density at radius 2 is 1.94 bits per heavy atom. The van der Waals surface area contributed by atoms with E-state index in [4.69, 9.17) is 15.6 Å². The summed E-state index contributed by atoms with van der Waals surface area (Å²) in [5.41, 5.74) is 4.33. The molecule has 6 heteroatoms. The van der Waals surface area contributed by atoms with Gasteiger partial charge in [-0.3, -0.25) is 0 Å². The van der Waals surface area contributed by atoms with E-state index in [9.17, 15) is 9.59 Å². The molecule has 0 saturated carbocycles. The molecule has 0 aromatic heterocycles. The lowest BCUT2D eigenvalue weighted by molar-refractivity contribution is -0.162. The van der Waals surface area contributed by atoms with E-state index in [2.05, 4.69) is 15.9 Å². The summed E-state index contributed by atoms with van der Waals surface area (Å²) in [4.78, 5) is 22.7. The van der Waals surface area contributed by atoms with E-state index in [1.807, 2.05) is 6.07 Å². The van der Waals surface area contributed by atoms with Crippen molar-refractivity contribution in [3.05, 3.63) is 35.9 Å². The van der Waals surface area contributed by atoms with Gasteiger partial charge >= 0.3 is 11.9 Å². The Hall–Kier alpha value is -1.40. The highest BCUT2D eigenvalue weighted by atomic mass is 79.9. The molecule has 1 rings (SSSR count). The summed E-state index contributed by atoms with van der Waals surface area (Å²) in [6, 6.07) is 8.98. The van der Waals surface area contributed by atoms with Crippen LogP contribution in [0.25, 0.3) is 0 Å². The fourth-order valence-corrected chi connectivity index (χ4v) is 1.92. The highest BCUT2D eigenvalue weighted by Gasteiger charge is 2.43. The number of esters is 1. The van der Waals surface area contributed by atoms with Gasteiger partial charge in [-0.1, -0.05) is 46.3 Å². The van der Waals surface area contributed by atoms with E-state index in [1.54, 1.807) is 24.3 Å². The highest BCUT2D eigenvalue weighted by molar-refractivity contribution is 9.09. The summed E-state index contributed by atoms with van der Waals surface area (Å²) in [5, 5.41) is 9.29. The molecule has 0 radical (unpaired) electrons. The maximum atomic E-state index is 11.7. The van der Waals surface area contributed by atoms with E-state index in [0.29, 0.717) is 5.33 Å². The van der Waals surface area contributed by atoms with Gasteiger partial charge in [0.25, 0.3) is 0 Å². The normalized spacial score (nSPS) is 13.7. The van der Waals surface area contributed by atoms with Crippen LogP contribution >= 0.6 is 15.9 Å². The van der Waals surface area contributed by atoms with Crippen molar-refractivity contribution >= 4 is 27.9 Å². The van der Waals surface area contributed by atoms with Gasteiger partial charge in [-0.15, -0.1) is 0 Å². The molecule has 0 aliphatic heterocycles. The van der Waals surface area contributed by atoms with Crippen LogP contribution < -0.4 is 5.73 Å². The molecule has 18 heavy (non-hydrogen) atoms. The summed E-state index contributed by atoms with van der Waals surface area (Å²) >= 11 is 3.07. The molecule has 3 N–H and O–H groups in total. The van der Waals surface area contributed by atoms with Gasteiger partial charge in [0.15, 0.2) is 0 Å². The second-order valence-corrected chi connectivity index (χ2v) is 4.57. The lowest BCUT2D eigenvalue weighted by atomic mass is 9.98. The van der Waals surface area contributed by atoms with Crippen LogP contribution in [0.3, 0.4) is 0 Å². The zero-order valence-electron chi connectivity index (χ0n) is 9.64. The van der Waals surface area contributed by atoms with E-state index in [0.717, 1.165) is 5.56 Å². The number of carboxylic acid groups (broad SMARTS) is 1. The van der Waals surface area contributed by atoms with Crippen LogP contribution in [0.15, 0.2) is 30.3 Å². The van der Waals surface area contributed by atoms with Gasteiger partial charge < -0.3 is 15.6 Å². The van der Waals surface area contributed by atoms with Crippen molar-refractivity contribution in [3.8, 4) is 0 Å². The summed E-state index contributed by atoms with van der Waals surface area (Å²) in [7, 11) is 0. The third-order valence-corrected chi connectivity index (χ3v) is 2.84. The second kappa shape index (κ2) is 6.51. The average molecular weight is 316 g/mol. The van der Waals surface area contributed by atoms with Crippen LogP contribution in [0, 0.1) is 0 Å². The molecule has 0 aliphatic carbocycles. The lowest BCUT2D eigenvalue weighted by Crippen LogP contribution is -2.56. The zero-order chi connectivity index (χ0) is 13.6. The molecular formula is C12H14BrNO4. The fourth-order valence-electron chi connectivity index (χ4n) is 1.30. The van der Waals surface area contributed by atoms with Crippen molar-refractivity contribution in [2.75, 3.05) is 5.33 Å². The monoisotopic (exact) mass is 315 g/mol. The van der Waals surface area contributed by atoms with Gasteiger partial charge in [0.1, 0.15) is 6.61 Å². The minimum absolute atomic E-state index is 0.00812. The minimum Gasteiger partial charge on any atom is -0.479 e. The molecule has 0 spiro atoms. The van der Waals surface area contributed by atoms with Gasteiger partial charge in [0.2, 0.25) is 5.54 Å². The number of carboxylic acids is 1.